The van der Waals surface area contributed by atoms with Crippen LogP contribution in [0.3, 0.4) is 0 Å². The Kier molecular flexibility index (Phi) is 5.39. The molecule has 0 aliphatic rings. The Balaban J connectivity index is 1.81. The van der Waals surface area contributed by atoms with Crippen molar-refractivity contribution in [3.63, 3.8) is 0 Å². The molecule has 0 atom stereocenters. The van der Waals surface area contributed by atoms with Crippen molar-refractivity contribution >= 4 is 17.1 Å². The van der Waals surface area contributed by atoms with Crippen molar-refractivity contribution in [1.82, 2.24) is 9.99 Å². The molecule has 1 aromatic heterocycles. The summed E-state index contributed by atoms with van der Waals surface area (Å²) in [6.45, 7) is 6.02. The number of nitrogens with zero attached hydrogens (tertiary/aromatic N) is 2. The minimum absolute atomic E-state index is 0.632. The largest absolute Gasteiger partial charge is 0.496 e. The first-order chi connectivity index (χ1) is 12.3. The summed E-state index contributed by atoms with van der Waals surface area (Å²) in [6, 6.07) is 16.5. The van der Waals surface area contributed by atoms with Crippen LogP contribution in [-0.2, 0) is 13.1 Å². The van der Waals surface area contributed by atoms with Crippen LogP contribution < -0.4 is 10.2 Å². The van der Waals surface area contributed by atoms with Crippen molar-refractivity contribution in [1.29, 1.82) is 0 Å². The average molecular weight is 335 g/mol. The molecule has 0 bridgehead atoms. The van der Waals surface area contributed by atoms with Gasteiger partial charge < -0.3 is 14.7 Å². The summed E-state index contributed by atoms with van der Waals surface area (Å²) >= 11 is 0. The van der Waals surface area contributed by atoms with Gasteiger partial charge >= 0.3 is 0 Å². The summed E-state index contributed by atoms with van der Waals surface area (Å²) in [6.07, 6.45) is 3.04. The van der Waals surface area contributed by atoms with E-state index in [0.717, 1.165) is 24.3 Å². The number of aryl methyl sites for hydroxylation is 1. The Hall–Kier alpha value is -2.75. The van der Waals surface area contributed by atoms with E-state index in [1.54, 1.807) is 7.11 Å². The van der Waals surface area contributed by atoms with Gasteiger partial charge in [0.25, 0.3) is 0 Å². The number of methoxy groups -OCH3 is 1. The lowest BCUT2D eigenvalue weighted by molar-refractivity contribution is 0.408. The molecule has 4 heteroatoms. The Morgan fingerprint density at radius 3 is 2.68 bits per heavy atom. The van der Waals surface area contributed by atoms with Crippen LogP contribution in [0.2, 0.25) is 0 Å². The van der Waals surface area contributed by atoms with Crippen LogP contribution in [0, 0.1) is 6.92 Å². The molecule has 0 unspecified atom stereocenters. The van der Waals surface area contributed by atoms with Gasteiger partial charge in [-0.15, -0.1) is 0 Å². The van der Waals surface area contributed by atoms with Crippen molar-refractivity contribution in [2.24, 2.45) is 5.10 Å². The lowest BCUT2D eigenvalue weighted by atomic mass is 10.1. The fourth-order valence-electron chi connectivity index (χ4n) is 3.22. The van der Waals surface area contributed by atoms with Gasteiger partial charge in [-0.05, 0) is 25.5 Å². The van der Waals surface area contributed by atoms with Gasteiger partial charge in [0, 0.05) is 34.3 Å². The quantitative estimate of drug-likeness (QED) is 0.510. The number of rotatable bonds is 7. The third kappa shape index (κ3) is 3.53. The topological polar surface area (TPSA) is 38.5 Å². The summed E-state index contributed by atoms with van der Waals surface area (Å²) in [4.78, 5) is 0. The molecule has 0 saturated carbocycles. The monoisotopic (exact) mass is 335 g/mol. The third-order valence-electron chi connectivity index (χ3n) is 4.47. The molecule has 25 heavy (non-hydrogen) atoms. The number of aromatic nitrogens is 1. The van der Waals surface area contributed by atoms with Crippen LogP contribution in [0.25, 0.3) is 10.9 Å². The van der Waals surface area contributed by atoms with Crippen molar-refractivity contribution in [3.05, 3.63) is 65.4 Å². The van der Waals surface area contributed by atoms with E-state index in [-0.39, 0.29) is 0 Å². The first kappa shape index (κ1) is 17.1. The maximum Gasteiger partial charge on any atom is 0.123 e. The van der Waals surface area contributed by atoms with Crippen LogP contribution >= 0.6 is 0 Å². The number of hydrazone groups is 1. The van der Waals surface area contributed by atoms with Crippen LogP contribution in [0.4, 0.5) is 0 Å². The molecule has 3 aromatic rings. The number of fused-ring (bicyclic) bond motifs is 1. The number of nitrogens with one attached hydrogen (secondary N) is 1. The van der Waals surface area contributed by atoms with E-state index in [0.29, 0.717) is 6.54 Å². The molecule has 1 N–H and O–H groups in total. The lowest BCUT2D eigenvalue weighted by Crippen LogP contribution is -2.07. The first-order valence-corrected chi connectivity index (χ1v) is 8.72. The molecule has 0 amide bonds. The van der Waals surface area contributed by atoms with Gasteiger partial charge in [-0.25, -0.2) is 0 Å². The zero-order valence-electron chi connectivity index (χ0n) is 15.1. The number of para-hydroxylation sites is 2. The van der Waals surface area contributed by atoms with E-state index in [4.69, 9.17) is 4.74 Å². The minimum atomic E-state index is 0.632. The van der Waals surface area contributed by atoms with Gasteiger partial charge in [-0.2, -0.15) is 5.10 Å². The summed E-state index contributed by atoms with van der Waals surface area (Å²) < 4.78 is 7.74. The van der Waals surface area contributed by atoms with Gasteiger partial charge in [-0.3, -0.25) is 0 Å². The van der Waals surface area contributed by atoms with Gasteiger partial charge in [-0.1, -0.05) is 43.3 Å². The molecule has 0 spiro atoms. The average Bonchev–Trinajstić information content (AvgIpc) is 2.91. The SMILES string of the molecule is CCCn1c(C)c(/C=N/NCc2ccccc2OC)c2ccccc21. The predicted molar refractivity (Wildman–Crippen MR) is 104 cm³/mol. The number of ether oxygens (including phenoxy) is 1. The van der Waals surface area contributed by atoms with Crippen molar-refractivity contribution in [2.45, 2.75) is 33.4 Å². The minimum Gasteiger partial charge on any atom is -0.496 e. The molecule has 0 aliphatic heterocycles. The first-order valence-electron chi connectivity index (χ1n) is 8.72. The molecule has 0 saturated heterocycles. The molecule has 4 nitrogen and oxygen atoms in total. The highest BCUT2D eigenvalue weighted by Gasteiger charge is 2.11. The summed E-state index contributed by atoms with van der Waals surface area (Å²) in [5.74, 6) is 0.876. The van der Waals surface area contributed by atoms with Crippen LogP contribution in [0.15, 0.2) is 53.6 Å². The fourth-order valence-corrected chi connectivity index (χ4v) is 3.22. The second-order valence-corrected chi connectivity index (χ2v) is 6.07. The van der Waals surface area contributed by atoms with Crippen molar-refractivity contribution in [3.8, 4) is 5.75 Å². The van der Waals surface area contributed by atoms with Gasteiger partial charge in [0.1, 0.15) is 5.75 Å². The normalized spacial score (nSPS) is 11.3. The highest BCUT2D eigenvalue weighted by Crippen LogP contribution is 2.24. The van der Waals surface area contributed by atoms with Gasteiger partial charge in [0.15, 0.2) is 0 Å². The lowest BCUT2D eigenvalue weighted by Gasteiger charge is -2.07. The number of hydrogen-bond acceptors (Lipinski definition) is 3. The maximum absolute atomic E-state index is 5.37. The molecule has 3 rings (SSSR count). The number of hydrogen-bond donors (Lipinski definition) is 1. The Morgan fingerprint density at radius 1 is 1.12 bits per heavy atom. The van der Waals surface area contributed by atoms with E-state index in [2.05, 4.69) is 53.2 Å². The Bertz CT molecular complexity index is 880. The molecule has 2 aromatic carbocycles. The van der Waals surface area contributed by atoms with Crippen LogP contribution in [0.1, 0.15) is 30.2 Å². The highest BCUT2D eigenvalue weighted by molar-refractivity contribution is 6.01. The molecular weight excluding hydrogens is 310 g/mol. The third-order valence-corrected chi connectivity index (χ3v) is 4.47. The van der Waals surface area contributed by atoms with Crippen LogP contribution in [-0.4, -0.2) is 17.9 Å². The zero-order valence-corrected chi connectivity index (χ0v) is 15.1. The second kappa shape index (κ2) is 7.88. The van der Waals surface area contributed by atoms with Crippen molar-refractivity contribution in [2.75, 3.05) is 7.11 Å². The Labute approximate surface area is 149 Å². The fraction of sp³-hybridized carbons (Fsp3) is 0.286. The van der Waals surface area contributed by atoms with E-state index in [1.165, 1.54) is 22.2 Å². The molecule has 0 fully saturated rings. The molecule has 1 heterocycles. The van der Waals surface area contributed by atoms with E-state index < -0.39 is 0 Å². The van der Waals surface area contributed by atoms with Crippen molar-refractivity contribution < 1.29 is 4.74 Å². The molecule has 130 valence electrons. The highest BCUT2D eigenvalue weighted by atomic mass is 16.5. The maximum atomic E-state index is 5.37. The van der Waals surface area contributed by atoms with E-state index in [9.17, 15) is 0 Å². The standard InChI is InChI=1S/C21H25N3O/c1-4-13-24-16(2)19(18-10-6-7-11-20(18)24)15-23-22-14-17-9-5-8-12-21(17)25-3/h5-12,15,22H,4,13-14H2,1-3H3/b23-15+. The Morgan fingerprint density at radius 2 is 1.88 bits per heavy atom. The van der Waals surface area contributed by atoms with Gasteiger partial charge in [0.2, 0.25) is 0 Å². The molecule has 0 radical (unpaired) electrons. The second-order valence-electron chi connectivity index (χ2n) is 6.07. The zero-order chi connectivity index (χ0) is 17.6. The smallest absolute Gasteiger partial charge is 0.123 e. The van der Waals surface area contributed by atoms with Gasteiger partial charge in [0.05, 0.1) is 19.9 Å². The van der Waals surface area contributed by atoms with E-state index >= 15 is 0 Å². The van der Waals surface area contributed by atoms with E-state index in [1.807, 2.05) is 30.5 Å². The van der Waals surface area contributed by atoms with Crippen LogP contribution in [0.5, 0.6) is 5.75 Å². The molecule has 0 aliphatic carbocycles. The number of benzene rings is 2. The summed E-state index contributed by atoms with van der Waals surface area (Å²) in [5, 5.41) is 5.70. The summed E-state index contributed by atoms with van der Waals surface area (Å²) in [5.41, 5.74) is 7.93. The summed E-state index contributed by atoms with van der Waals surface area (Å²) in [7, 11) is 1.69. The predicted octanol–water partition coefficient (Wildman–Crippen LogP) is 4.49. The molecular formula is C21H25N3O.